The number of benzene rings is 1. The van der Waals surface area contributed by atoms with E-state index in [-0.39, 0.29) is 13.2 Å². The molecule has 0 saturated carbocycles. The average molecular weight is 333 g/mol. The van der Waals surface area contributed by atoms with E-state index in [1.807, 2.05) is 12.1 Å². The molecule has 0 aliphatic rings. The molecule has 1 amide bonds. The number of hydrogen-bond acceptors (Lipinski definition) is 4. The number of amides is 1. The molecule has 0 aliphatic carbocycles. The summed E-state index contributed by atoms with van der Waals surface area (Å²) in [6.07, 6.45) is 0.535. The summed E-state index contributed by atoms with van der Waals surface area (Å²) < 4.78 is 10.0. The Balaban J connectivity index is 2.37. The summed E-state index contributed by atoms with van der Waals surface area (Å²) in [6.45, 7) is 11.9. The van der Waals surface area contributed by atoms with Crippen molar-refractivity contribution in [3.05, 3.63) is 42.0 Å². The predicted octanol–water partition coefficient (Wildman–Crippen LogP) is 4.04. The molecule has 1 aromatic carbocycles. The lowest BCUT2D eigenvalue weighted by Crippen LogP contribution is -2.30. The van der Waals surface area contributed by atoms with Gasteiger partial charge in [0.1, 0.15) is 12.4 Å². The monoisotopic (exact) mass is 333 g/mol. The van der Waals surface area contributed by atoms with Crippen LogP contribution >= 0.6 is 0 Å². The van der Waals surface area contributed by atoms with Crippen molar-refractivity contribution in [2.75, 3.05) is 13.2 Å². The third-order valence-electron chi connectivity index (χ3n) is 3.44. The van der Waals surface area contributed by atoms with Crippen LogP contribution in [0, 0.1) is 5.92 Å². The molecule has 1 rings (SSSR count). The van der Waals surface area contributed by atoms with Crippen LogP contribution in [0.3, 0.4) is 0 Å². The first-order valence-electron chi connectivity index (χ1n) is 8.17. The number of hydrogen-bond donors (Lipinski definition) is 1. The second kappa shape index (κ2) is 9.75. The lowest BCUT2D eigenvalue weighted by molar-refractivity contribution is -0.138. The van der Waals surface area contributed by atoms with E-state index in [1.54, 1.807) is 19.1 Å². The van der Waals surface area contributed by atoms with Crippen molar-refractivity contribution in [1.82, 2.24) is 5.32 Å². The maximum absolute atomic E-state index is 11.7. The number of carbonyl (C=O) groups excluding carboxylic acids is 2. The van der Waals surface area contributed by atoms with Gasteiger partial charge < -0.3 is 14.8 Å². The van der Waals surface area contributed by atoms with E-state index in [9.17, 15) is 9.59 Å². The van der Waals surface area contributed by atoms with Crippen LogP contribution in [-0.4, -0.2) is 25.2 Å². The van der Waals surface area contributed by atoms with E-state index in [2.05, 4.69) is 32.7 Å². The van der Waals surface area contributed by atoms with Crippen molar-refractivity contribution in [1.29, 1.82) is 0 Å². The van der Waals surface area contributed by atoms with Crippen LogP contribution in [0.2, 0.25) is 0 Å². The summed E-state index contributed by atoms with van der Waals surface area (Å²) >= 11 is 0. The first-order valence-corrected chi connectivity index (χ1v) is 8.17. The van der Waals surface area contributed by atoms with Gasteiger partial charge in [0.25, 0.3) is 0 Å². The quantitative estimate of drug-likeness (QED) is 0.443. The number of ether oxygens (including phenoxy) is 2. The number of rotatable bonds is 8. The van der Waals surface area contributed by atoms with Gasteiger partial charge in [0.2, 0.25) is 0 Å². The van der Waals surface area contributed by atoms with E-state index >= 15 is 0 Å². The van der Waals surface area contributed by atoms with Crippen LogP contribution in [0.15, 0.2) is 36.4 Å². The first kappa shape index (κ1) is 19.7. The Hall–Kier alpha value is -2.30. The van der Waals surface area contributed by atoms with Crippen molar-refractivity contribution >= 4 is 12.1 Å². The van der Waals surface area contributed by atoms with Gasteiger partial charge in [-0.15, -0.1) is 0 Å². The molecule has 0 fully saturated rings. The predicted molar refractivity (Wildman–Crippen MR) is 94.1 cm³/mol. The van der Waals surface area contributed by atoms with Gasteiger partial charge in [-0.2, -0.15) is 0 Å². The van der Waals surface area contributed by atoms with Gasteiger partial charge in [0.05, 0.1) is 6.54 Å². The summed E-state index contributed by atoms with van der Waals surface area (Å²) in [5.74, 6) is 1.11. The summed E-state index contributed by atoms with van der Waals surface area (Å²) in [4.78, 5) is 22.8. The first-order chi connectivity index (χ1) is 11.3. The van der Waals surface area contributed by atoms with E-state index in [4.69, 9.17) is 9.47 Å². The molecule has 0 saturated heterocycles. The van der Waals surface area contributed by atoms with Crippen LogP contribution in [-0.2, 0) is 9.53 Å². The highest BCUT2D eigenvalue weighted by Gasteiger charge is 2.09. The van der Waals surface area contributed by atoms with Gasteiger partial charge in [-0.05, 0) is 42.9 Å². The Labute approximate surface area is 144 Å². The highest BCUT2D eigenvalue weighted by molar-refractivity contribution is 5.86. The Kier molecular flexibility index (Phi) is 8.02. The molecular weight excluding hydrogens is 306 g/mol. The SMILES string of the molecule is C=C(C)C(=O)OCCNC(=O)Oc1ccc(C(C)CC(C)C)cc1. The maximum Gasteiger partial charge on any atom is 0.412 e. The molecule has 0 aliphatic heterocycles. The van der Waals surface area contributed by atoms with Crippen molar-refractivity contribution in [3.63, 3.8) is 0 Å². The molecule has 5 heteroatoms. The highest BCUT2D eigenvalue weighted by Crippen LogP contribution is 2.24. The molecule has 0 spiro atoms. The lowest BCUT2D eigenvalue weighted by Gasteiger charge is -2.14. The summed E-state index contributed by atoms with van der Waals surface area (Å²) in [6, 6.07) is 7.52. The Bertz CT molecular complexity index is 563. The van der Waals surface area contributed by atoms with Crippen LogP contribution < -0.4 is 10.1 Å². The zero-order valence-electron chi connectivity index (χ0n) is 14.9. The summed E-state index contributed by atoms with van der Waals surface area (Å²) in [5, 5.41) is 2.52. The third-order valence-corrected chi connectivity index (χ3v) is 3.44. The van der Waals surface area contributed by atoms with Crippen molar-refractivity contribution < 1.29 is 19.1 Å². The smallest absolute Gasteiger partial charge is 0.412 e. The zero-order valence-corrected chi connectivity index (χ0v) is 14.9. The van der Waals surface area contributed by atoms with Crippen LogP contribution in [0.5, 0.6) is 5.75 Å². The molecule has 24 heavy (non-hydrogen) atoms. The second-order valence-electron chi connectivity index (χ2n) is 6.33. The summed E-state index contributed by atoms with van der Waals surface area (Å²) in [5.41, 5.74) is 1.55. The largest absolute Gasteiger partial charge is 0.460 e. The molecule has 0 aromatic heterocycles. The minimum atomic E-state index is -0.579. The van der Waals surface area contributed by atoms with E-state index < -0.39 is 12.1 Å². The lowest BCUT2D eigenvalue weighted by atomic mass is 9.92. The molecule has 1 aromatic rings. The fraction of sp³-hybridized carbons (Fsp3) is 0.474. The van der Waals surface area contributed by atoms with Crippen molar-refractivity contribution in [3.8, 4) is 5.75 Å². The molecule has 0 bridgehead atoms. The van der Waals surface area contributed by atoms with Crippen LogP contribution in [0.4, 0.5) is 4.79 Å². The zero-order chi connectivity index (χ0) is 18.1. The average Bonchev–Trinajstić information content (AvgIpc) is 2.51. The molecule has 1 unspecified atom stereocenters. The number of esters is 1. The Morgan fingerprint density at radius 2 is 1.79 bits per heavy atom. The van der Waals surface area contributed by atoms with E-state index in [0.717, 1.165) is 6.42 Å². The topological polar surface area (TPSA) is 64.6 Å². The number of carbonyl (C=O) groups is 2. The minimum absolute atomic E-state index is 0.0758. The van der Waals surface area contributed by atoms with Crippen LogP contribution in [0.25, 0.3) is 0 Å². The van der Waals surface area contributed by atoms with Gasteiger partial charge in [0.15, 0.2) is 0 Å². The van der Waals surface area contributed by atoms with Crippen molar-refractivity contribution in [2.24, 2.45) is 5.92 Å². The standard InChI is InChI=1S/C19H27NO4/c1-13(2)12-15(5)16-6-8-17(9-7-16)24-19(22)20-10-11-23-18(21)14(3)4/h6-9,13,15H,3,10-12H2,1-2,4-5H3,(H,20,22). The Morgan fingerprint density at radius 1 is 1.17 bits per heavy atom. The van der Waals surface area contributed by atoms with E-state index in [0.29, 0.717) is 23.2 Å². The molecule has 5 nitrogen and oxygen atoms in total. The Morgan fingerprint density at radius 3 is 2.33 bits per heavy atom. The van der Waals surface area contributed by atoms with E-state index in [1.165, 1.54) is 5.56 Å². The van der Waals surface area contributed by atoms with Gasteiger partial charge in [0, 0.05) is 5.57 Å². The maximum atomic E-state index is 11.7. The molecule has 0 radical (unpaired) electrons. The second-order valence-corrected chi connectivity index (χ2v) is 6.33. The van der Waals surface area contributed by atoms with Gasteiger partial charge in [-0.1, -0.05) is 39.5 Å². The fourth-order valence-electron chi connectivity index (χ4n) is 2.27. The molecule has 1 N–H and O–H groups in total. The molecular formula is C19H27NO4. The summed E-state index contributed by atoms with van der Waals surface area (Å²) in [7, 11) is 0. The molecule has 0 heterocycles. The fourth-order valence-corrected chi connectivity index (χ4v) is 2.27. The van der Waals surface area contributed by atoms with Gasteiger partial charge >= 0.3 is 12.1 Å². The van der Waals surface area contributed by atoms with Gasteiger partial charge in [-0.25, -0.2) is 9.59 Å². The third kappa shape index (κ3) is 7.31. The van der Waals surface area contributed by atoms with Crippen molar-refractivity contribution in [2.45, 2.75) is 40.0 Å². The van der Waals surface area contributed by atoms with Crippen LogP contribution in [0.1, 0.15) is 45.6 Å². The molecule has 1 atom stereocenters. The highest BCUT2D eigenvalue weighted by atomic mass is 16.6. The minimum Gasteiger partial charge on any atom is -0.460 e. The molecule has 132 valence electrons. The number of nitrogens with one attached hydrogen (secondary N) is 1. The van der Waals surface area contributed by atoms with Gasteiger partial charge in [-0.3, -0.25) is 0 Å². The normalized spacial score (nSPS) is 11.7.